The van der Waals surface area contributed by atoms with Crippen molar-refractivity contribution < 1.29 is 4.74 Å². The smallest absolute Gasteiger partial charge is 0.228 e. The van der Waals surface area contributed by atoms with E-state index in [1.54, 1.807) is 6.20 Å². The molecule has 3 heterocycles. The Morgan fingerprint density at radius 2 is 1.96 bits per heavy atom. The minimum absolute atomic E-state index is 0.340. The van der Waals surface area contributed by atoms with Gasteiger partial charge in [-0.3, -0.25) is 9.98 Å². The lowest BCUT2D eigenvalue weighted by Gasteiger charge is -2.45. The molecule has 1 spiro atoms. The van der Waals surface area contributed by atoms with Crippen LogP contribution in [0.1, 0.15) is 19.4 Å². The molecule has 0 aliphatic carbocycles. The monoisotopic (exact) mass is 363 g/mol. The van der Waals surface area contributed by atoms with Crippen molar-refractivity contribution in [2.45, 2.75) is 25.0 Å². The molecular weight excluding hydrogens is 346 g/mol. The number of fused-ring (bicyclic) bond motifs is 4. The molecule has 2 aliphatic rings. The SMILES string of the molecule is CN1c2ccc(Cl)cc2C(C)(C)C12C=Nc1ccc3ncccc3c1O2. The van der Waals surface area contributed by atoms with E-state index in [4.69, 9.17) is 21.3 Å². The standard InChI is InChI=1S/C21H18ClN3O/c1-20(2)15-11-13(22)6-9-18(15)25(3)21(20)12-24-17-8-7-16-14(19(17)26-21)5-4-10-23-16/h4-12H,1-3H3. The number of nitrogens with zero attached hydrogens (tertiary/aromatic N) is 3. The third kappa shape index (κ3) is 1.80. The highest BCUT2D eigenvalue weighted by molar-refractivity contribution is 6.30. The maximum atomic E-state index is 6.74. The first-order chi connectivity index (χ1) is 12.4. The molecule has 5 heteroatoms. The predicted octanol–water partition coefficient (Wildman–Crippen LogP) is 5.11. The molecule has 0 saturated carbocycles. The fourth-order valence-corrected chi connectivity index (χ4v) is 4.37. The highest BCUT2D eigenvalue weighted by atomic mass is 35.5. The van der Waals surface area contributed by atoms with E-state index in [9.17, 15) is 0 Å². The Morgan fingerprint density at radius 1 is 1.12 bits per heavy atom. The van der Waals surface area contributed by atoms with E-state index < -0.39 is 5.72 Å². The van der Waals surface area contributed by atoms with Crippen molar-refractivity contribution in [3.63, 3.8) is 0 Å². The Morgan fingerprint density at radius 3 is 2.81 bits per heavy atom. The first-order valence-electron chi connectivity index (χ1n) is 8.60. The number of likely N-dealkylation sites (N-methyl/N-ethyl adjacent to an activating group) is 1. The van der Waals surface area contributed by atoms with Gasteiger partial charge >= 0.3 is 0 Å². The van der Waals surface area contributed by atoms with Gasteiger partial charge in [0.2, 0.25) is 5.72 Å². The van der Waals surface area contributed by atoms with Crippen LogP contribution < -0.4 is 9.64 Å². The summed E-state index contributed by atoms with van der Waals surface area (Å²) in [5, 5.41) is 1.70. The Hall–Kier alpha value is -2.59. The van der Waals surface area contributed by atoms with Gasteiger partial charge in [0.15, 0.2) is 5.75 Å². The average Bonchev–Trinajstić information content (AvgIpc) is 2.80. The van der Waals surface area contributed by atoms with Crippen molar-refractivity contribution in [1.29, 1.82) is 0 Å². The van der Waals surface area contributed by atoms with Gasteiger partial charge in [0.1, 0.15) is 5.69 Å². The number of halogens is 1. The average molecular weight is 364 g/mol. The summed E-state index contributed by atoms with van der Waals surface area (Å²) in [6, 6.07) is 13.9. The zero-order chi connectivity index (χ0) is 18.1. The molecule has 1 aromatic heterocycles. The largest absolute Gasteiger partial charge is 0.459 e. The summed E-state index contributed by atoms with van der Waals surface area (Å²) in [5.41, 5.74) is 2.92. The molecule has 1 atom stereocenters. The summed E-state index contributed by atoms with van der Waals surface area (Å²) in [4.78, 5) is 11.4. The highest BCUT2D eigenvalue weighted by Crippen LogP contribution is 2.54. The summed E-state index contributed by atoms with van der Waals surface area (Å²) in [7, 11) is 2.04. The molecule has 26 heavy (non-hydrogen) atoms. The summed E-state index contributed by atoms with van der Waals surface area (Å²) < 4.78 is 6.74. The third-order valence-corrected chi connectivity index (χ3v) is 5.97. The number of anilines is 1. The first-order valence-corrected chi connectivity index (χ1v) is 8.98. The molecule has 1 unspecified atom stereocenters. The van der Waals surface area contributed by atoms with Crippen molar-refractivity contribution in [2.75, 3.05) is 11.9 Å². The second-order valence-corrected chi connectivity index (χ2v) is 7.82. The number of ether oxygens (including phenoxy) is 1. The van der Waals surface area contributed by atoms with Gasteiger partial charge in [0.25, 0.3) is 0 Å². The van der Waals surface area contributed by atoms with Crippen molar-refractivity contribution in [3.8, 4) is 5.75 Å². The summed E-state index contributed by atoms with van der Waals surface area (Å²) in [6.45, 7) is 4.35. The van der Waals surface area contributed by atoms with Crippen molar-refractivity contribution in [3.05, 3.63) is 59.2 Å². The number of aliphatic imine (C=N–C) groups is 1. The topological polar surface area (TPSA) is 37.7 Å². The lowest BCUT2D eigenvalue weighted by Crippen LogP contribution is -2.61. The van der Waals surface area contributed by atoms with Gasteiger partial charge in [0, 0.05) is 29.3 Å². The fraction of sp³-hybridized carbons (Fsp3) is 0.238. The summed E-state index contributed by atoms with van der Waals surface area (Å²) >= 11 is 6.28. The van der Waals surface area contributed by atoms with Crippen LogP contribution in [0.25, 0.3) is 10.9 Å². The van der Waals surface area contributed by atoms with Crippen molar-refractivity contribution in [1.82, 2.24) is 4.98 Å². The van der Waals surface area contributed by atoms with Gasteiger partial charge < -0.3 is 9.64 Å². The molecule has 130 valence electrons. The van der Waals surface area contributed by atoms with E-state index in [0.717, 1.165) is 38.6 Å². The van der Waals surface area contributed by atoms with Crippen LogP contribution in [0, 0.1) is 0 Å². The quantitative estimate of drug-likeness (QED) is 0.557. The number of aromatic nitrogens is 1. The molecule has 2 aliphatic heterocycles. The molecule has 0 radical (unpaired) electrons. The second-order valence-electron chi connectivity index (χ2n) is 7.39. The van der Waals surface area contributed by atoms with E-state index in [0.29, 0.717) is 0 Å². The van der Waals surface area contributed by atoms with Gasteiger partial charge in [-0.05, 0) is 61.9 Å². The summed E-state index contributed by atoms with van der Waals surface area (Å²) in [6.07, 6.45) is 3.71. The summed E-state index contributed by atoms with van der Waals surface area (Å²) in [5.74, 6) is 0.775. The van der Waals surface area contributed by atoms with E-state index in [2.05, 4.69) is 23.7 Å². The molecule has 5 rings (SSSR count). The van der Waals surface area contributed by atoms with Crippen LogP contribution >= 0.6 is 11.6 Å². The normalized spacial score (nSPS) is 22.4. The molecule has 0 N–H and O–H groups in total. The van der Waals surface area contributed by atoms with Crippen LogP contribution in [0.2, 0.25) is 5.02 Å². The van der Waals surface area contributed by atoms with Crippen molar-refractivity contribution >= 4 is 40.1 Å². The number of hydrogen-bond acceptors (Lipinski definition) is 4. The van der Waals surface area contributed by atoms with Crippen LogP contribution in [-0.2, 0) is 5.41 Å². The van der Waals surface area contributed by atoms with Gasteiger partial charge in [-0.15, -0.1) is 0 Å². The minimum Gasteiger partial charge on any atom is -0.459 e. The molecule has 2 aromatic carbocycles. The second kappa shape index (κ2) is 4.98. The number of hydrogen-bond donors (Lipinski definition) is 0. The Balaban J connectivity index is 1.74. The molecule has 4 nitrogen and oxygen atoms in total. The number of benzene rings is 2. The predicted molar refractivity (Wildman–Crippen MR) is 106 cm³/mol. The van der Waals surface area contributed by atoms with E-state index >= 15 is 0 Å². The molecule has 0 fully saturated rings. The van der Waals surface area contributed by atoms with Crippen molar-refractivity contribution in [2.24, 2.45) is 4.99 Å². The molecule has 3 aromatic rings. The van der Waals surface area contributed by atoms with Gasteiger partial charge in [-0.2, -0.15) is 0 Å². The fourth-order valence-electron chi connectivity index (χ4n) is 4.20. The zero-order valence-electron chi connectivity index (χ0n) is 14.8. The van der Waals surface area contributed by atoms with Crippen LogP contribution in [0.3, 0.4) is 0 Å². The third-order valence-electron chi connectivity index (χ3n) is 5.74. The van der Waals surface area contributed by atoms with Gasteiger partial charge in [-0.25, -0.2) is 0 Å². The Labute approximate surface area is 157 Å². The Bertz CT molecular complexity index is 1090. The van der Waals surface area contributed by atoms with E-state index in [-0.39, 0.29) is 5.41 Å². The lowest BCUT2D eigenvalue weighted by atomic mass is 9.77. The molecule has 0 amide bonds. The number of rotatable bonds is 0. The Kier molecular flexibility index (Phi) is 3.00. The van der Waals surface area contributed by atoms with Crippen LogP contribution in [-0.4, -0.2) is 24.0 Å². The highest BCUT2D eigenvalue weighted by Gasteiger charge is 2.58. The zero-order valence-corrected chi connectivity index (χ0v) is 15.6. The molecular formula is C21H18ClN3O. The number of pyridine rings is 1. The van der Waals surface area contributed by atoms with Gasteiger partial charge in [-0.1, -0.05) is 11.6 Å². The first kappa shape index (κ1) is 15.6. The molecule has 0 saturated heterocycles. The van der Waals surface area contributed by atoms with Gasteiger partial charge in [0.05, 0.1) is 17.1 Å². The maximum Gasteiger partial charge on any atom is 0.228 e. The maximum absolute atomic E-state index is 6.74. The van der Waals surface area contributed by atoms with Crippen LogP contribution in [0.4, 0.5) is 11.4 Å². The van der Waals surface area contributed by atoms with Crippen LogP contribution in [0.5, 0.6) is 5.75 Å². The van der Waals surface area contributed by atoms with E-state index in [1.807, 2.05) is 55.7 Å². The molecule has 0 bridgehead atoms. The van der Waals surface area contributed by atoms with Crippen LogP contribution in [0.15, 0.2) is 53.7 Å². The lowest BCUT2D eigenvalue weighted by molar-refractivity contribution is 0.0842. The van der Waals surface area contributed by atoms with E-state index in [1.165, 1.54) is 0 Å². The minimum atomic E-state index is -0.725.